The van der Waals surface area contributed by atoms with Gasteiger partial charge in [0.15, 0.2) is 0 Å². The minimum absolute atomic E-state index is 0.0255. The topological polar surface area (TPSA) is 83.8 Å². The Hall–Kier alpha value is -1.36. The van der Waals surface area contributed by atoms with Crippen LogP contribution >= 0.6 is 0 Å². The summed E-state index contributed by atoms with van der Waals surface area (Å²) in [5.74, 6) is -1.07. The van der Waals surface area contributed by atoms with Crippen molar-refractivity contribution in [3.05, 3.63) is 12.2 Å². The van der Waals surface area contributed by atoms with Crippen molar-refractivity contribution in [2.75, 3.05) is 13.2 Å². The number of hydrogen-bond acceptors (Lipinski definition) is 4. The Morgan fingerprint density at radius 2 is 2.06 bits per heavy atom. The first-order chi connectivity index (χ1) is 7.57. The van der Waals surface area contributed by atoms with Crippen molar-refractivity contribution >= 4 is 11.9 Å². The predicted octanol–water partition coefficient (Wildman–Crippen LogP) is 1.11. The Labute approximate surface area is 94.7 Å². The number of aliphatic hydroxyl groups excluding tert-OH is 1. The van der Waals surface area contributed by atoms with E-state index >= 15 is 0 Å². The lowest BCUT2D eigenvalue weighted by molar-refractivity contribution is -0.142. The van der Waals surface area contributed by atoms with Gasteiger partial charge in [0.1, 0.15) is 0 Å². The highest BCUT2D eigenvalue weighted by Gasteiger charge is 2.05. The van der Waals surface area contributed by atoms with Crippen molar-refractivity contribution < 1.29 is 24.5 Å². The van der Waals surface area contributed by atoms with Gasteiger partial charge in [0.05, 0.1) is 6.61 Å². The molecular formula is C11H18O5. The Morgan fingerprint density at radius 1 is 1.38 bits per heavy atom. The Kier molecular flexibility index (Phi) is 8.15. The van der Waals surface area contributed by atoms with Crippen LogP contribution in [0.5, 0.6) is 0 Å². The van der Waals surface area contributed by atoms with Gasteiger partial charge in [-0.05, 0) is 19.3 Å². The minimum atomic E-state index is -1.04. The second kappa shape index (κ2) is 8.91. The van der Waals surface area contributed by atoms with Crippen molar-refractivity contribution in [2.45, 2.75) is 32.1 Å². The fourth-order valence-corrected chi connectivity index (χ4v) is 1.05. The first-order valence-electron chi connectivity index (χ1n) is 5.25. The van der Waals surface area contributed by atoms with E-state index in [1.54, 1.807) is 0 Å². The molecule has 0 aliphatic carbocycles. The molecule has 1 heterocycles. The van der Waals surface area contributed by atoms with Crippen molar-refractivity contribution in [1.29, 1.82) is 0 Å². The molecule has 0 aromatic rings. The number of hydrogen-bond donors (Lipinski definition) is 2. The fraction of sp³-hybridized carbons (Fsp3) is 0.636. The molecule has 16 heavy (non-hydrogen) atoms. The molecule has 0 aromatic carbocycles. The molecule has 2 N–H and O–H groups in total. The molecule has 1 fully saturated rings. The number of esters is 1. The highest BCUT2D eigenvalue weighted by Crippen LogP contribution is 2.06. The number of aliphatic hydroxyl groups is 1. The van der Waals surface area contributed by atoms with E-state index in [0.717, 1.165) is 19.3 Å². The maximum atomic E-state index is 10.5. The lowest BCUT2D eigenvalue weighted by atomic mass is 10.2. The predicted molar refractivity (Wildman–Crippen MR) is 57.9 cm³/mol. The number of carbonyl (C=O) groups excluding carboxylic acids is 1. The normalized spacial score (nSPS) is 15.2. The highest BCUT2D eigenvalue weighted by molar-refractivity contribution is 5.85. The summed E-state index contributed by atoms with van der Waals surface area (Å²) in [6.07, 6.45) is 3.98. The zero-order valence-corrected chi connectivity index (χ0v) is 9.28. The third-order valence-corrected chi connectivity index (χ3v) is 2.00. The zero-order chi connectivity index (χ0) is 12.4. The molecule has 92 valence electrons. The van der Waals surface area contributed by atoms with Gasteiger partial charge in [0.25, 0.3) is 0 Å². The van der Waals surface area contributed by atoms with Crippen LogP contribution in [0.4, 0.5) is 0 Å². The van der Waals surface area contributed by atoms with Crippen molar-refractivity contribution in [1.82, 2.24) is 0 Å². The average molecular weight is 230 g/mol. The molecule has 1 rings (SSSR count). The van der Waals surface area contributed by atoms with Crippen LogP contribution in [0.15, 0.2) is 12.2 Å². The summed E-state index contributed by atoms with van der Waals surface area (Å²) in [5, 5.41) is 16.3. The summed E-state index contributed by atoms with van der Waals surface area (Å²) in [4.78, 5) is 20.3. The molecule has 0 spiro atoms. The Balaban J connectivity index is 0.000000281. The van der Waals surface area contributed by atoms with Gasteiger partial charge in [-0.3, -0.25) is 4.79 Å². The first-order valence-corrected chi connectivity index (χ1v) is 5.25. The summed E-state index contributed by atoms with van der Waals surface area (Å²) in [6.45, 7) is 3.67. The molecule has 0 bridgehead atoms. The molecule has 0 radical (unpaired) electrons. The maximum absolute atomic E-state index is 10.5. The minimum Gasteiger partial charge on any atom is -0.478 e. The molecule has 5 heteroatoms. The van der Waals surface area contributed by atoms with Gasteiger partial charge in [-0.1, -0.05) is 6.58 Å². The lowest BCUT2D eigenvalue weighted by Crippen LogP contribution is -2.00. The smallest absolute Gasteiger partial charge is 0.331 e. The molecule has 0 saturated carbocycles. The van der Waals surface area contributed by atoms with Crippen LogP contribution in [-0.4, -0.2) is 35.4 Å². The number of carbonyl (C=O) groups is 2. The average Bonchev–Trinajstić information content (AvgIpc) is 2.47. The molecule has 1 aliphatic heterocycles. The van der Waals surface area contributed by atoms with E-state index in [4.69, 9.17) is 14.9 Å². The van der Waals surface area contributed by atoms with Crippen LogP contribution in [0.3, 0.4) is 0 Å². The highest BCUT2D eigenvalue weighted by atomic mass is 16.5. The second-order valence-electron chi connectivity index (χ2n) is 3.41. The first kappa shape index (κ1) is 14.6. The number of rotatable bonds is 3. The van der Waals surface area contributed by atoms with E-state index in [-0.39, 0.29) is 24.6 Å². The molecule has 1 aliphatic rings. The molecule has 5 nitrogen and oxygen atoms in total. The van der Waals surface area contributed by atoms with Gasteiger partial charge in [-0.25, -0.2) is 4.79 Å². The Bertz CT molecular complexity index is 237. The third-order valence-electron chi connectivity index (χ3n) is 2.00. The summed E-state index contributed by atoms with van der Waals surface area (Å²) >= 11 is 0. The SMILES string of the molecule is C=C(CCO)C(=O)O.O=C1CCCCCO1. The molecule has 0 atom stereocenters. The van der Waals surface area contributed by atoms with E-state index in [9.17, 15) is 9.59 Å². The summed E-state index contributed by atoms with van der Waals surface area (Å²) in [7, 11) is 0. The van der Waals surface area contributed by atoms with Gasteiger partial charge in [0, 0.05) is 25.0 Å². The fourth-order valence-electron chi connectivity index (χ4n) is 1.05. The monoisotopic (exact) mass is 230 g/mol. The summed E-state index contributed by atoms with van der Waals surface area (Å²) in [5.41, 5.74) is 0.0486. The number of carboxylic acid groups (broad SMARTS) is 1. The standard InChI is InChI=1S/C6H10O2.C5H8O3/c7-6-4-2-1-3-5-8-6;1-4(2-3-6)5(7)8/h1-5H2;6H,1-3H2,(H,7,8). The molecular weight excluding hydrogens is 212 g/mol. The van der Waals surface area contributed by atoms with Crippen molar-refractivity contribution in [3.63, 3.8) is 0 Å². The van der Waals surface area contributed by atoms with Crippen LogP contribution in [0.25, 0.3) is 0 Å². The van der Waals surface area contributed by atoms with E-state index < -0.39 is 5.97 Å². The molecule has 0 aromatic heterocycles. The van der Waals surface area contributed by atoms with Crippen LogP contribution in [0.1, 0.15) is 32.1 Å². The van der Waals surface area contributed by atoms with Crippen LogP contribution in [0, 0.1) is 0 Å². The van der Waals surface area contributed by atoms with Crippen LogP contribution in [-0.2, 0) is 14.3 Å². The molecule has 1 saturated heterocycles. The second-order valence-corrected chi connectivity index (χ2v) is 3.41. The number of carboxylic acids is 1. The van der Waals surface area contributed by atoms with Gasteiger partial charge in [-0.2, -0.15) is 0 Å². The van der Waals surface area contributed by atoms with E-state index in [0.29, 0.717) is 13.0 Å². The Morgan fingerprint density at radius 3 is 2.56 bits per heavy atom. The van der Waals surface area contributed by atoms with E-state index in [1.807, 2.05) is 0 Å². The zero-order valence-electron chi connectivity index (χ0n) is 9.28. The number of cyclic esters (lactones) is 1. The van der Waals surface area contributed by atoms with Gasteiger partial charge in [0.2, 0.25) is 0 Å². The van der Waals surface area contributed by atoms with E-state index in [1.165, 1.54) is 0 Å². The van der Waals surface area contributed by atoms with Crippen molar-refractivity contribution in [3.8, 4) is 0 Å². The number of aliphatic carboxylic acids is 1. The third kappa shape index (κ3) is 7.99. The summed E-state index contributed by atoms with van der Waals surface area (Å²) < 4.78 is 4.76. The maximum Gasteiger partial charge on any atom is 0.331 e. The van der Waals surface area contributed by atoms with Crippen molar-refractivity contribution in [2.24, 2.45) is 0 Å². The van der Waals surface area contributed by atoms with E-state index in [2.05, 4.69) is 6.58 Å². The quantitative estimate of drug-likeness (QED) is 0.560. The van der Waals surface area contributed by atoms with Gasteiger partial charge < -0.3 is 14.9 Å². The van der Waals surface area contributed by atoms with Crippen LogP contribution < -0.4 is 0 Å². The summed E-state index contributed by atoms with van der Waals surface area (Å²) in [6, 6.07) is 0. The van der Waals surface area contributed by atoms with Gasteiger partial charge in [-0.15, -0.1) is 0 Å². The molecule has 0 unspecified atom stereocenters. The lowest BCUT2D eigenvalue weighted by Gasteiger charge is -1.93. The number of ether oxygens (including phenoxy) is 1. The van der Waals surface area contributed by atoms with Gasteiger partial charge >= 0.3 is 11.9 Å². The molecule has 0 amide bonds. The van der Waals surface area contributed by atoms with Crippen LogP contribution in [0.2, 0.25) is 0 Å². The largest absolute Gasteiger partial charge is 0.478 e.